The zero-order chi connectivity index (χ0) is 30.0. The first-order chi connectivity index (χ1) is 20.7. The number of hydrogen-bond donors (Lipinski definition) is 1. The fourth-order valence-electron chi connectivity index (χ4n) is 5.87. The zero-order valence-electron chi connectivity index (χ0n) is 25.4. The van der Waals surface area contributed by atoms with E-state index in [1.54, 1.807) is 0 Å². The maximum Gasteiger partial charge on any atom is 0.412 e. The summed E-state index contributed by atoms with van der Waals surface area (Å²) in [5.41, 5.74) is 6.00. The van der Waals surface area contributed by atoms with Crippen molar-refractivity contribution in [1.82, 2.24) is 9.47 Å². The third kappa shape index (κ3) is 7.17. The lowest BCUT2D eigenvalue weighted by Crippen LogP contribution is -2.38. The van der Waals surface area contributed by atoms with Gasteiger partial charge >= 0.3 is 6.09 Å². The van der Waals surface area contributed by atoms with E-state index in [1.165, 1.54) is 11.1 Å². The summed E-state index contributed by atoms with van der Waals surface area (Å²) in [5, 5.41) is 4.00. The van der Waals surface area contributed by atoms with E-state index in [0.29, 0.717) is 17.2 Å². The number of amides is 1. The predicted molar refractivity (Wildman–Crippen MR) is 171 cm³/mol. The first-order valence-corrected chi connectivity index (χ1v) is 15.4. The highest BCUT2D eigenvalue weighted by molar-refractivity contribution is 6.03. The van der Waals surface area contributed by atoms with Gasteiger partial charge in [0, 0.05) is 55.4 Å². The lowest BCUT2D eigenvalue weighted by atomic mass is 9.94. The van der Waals surface area contributed by atoms with Gasteiger partial charge in [-0.2, -0.15) is 0 Å². The number of aromatic nitrogens is 1. The Hall–Kier alpha value is -3.94. The third-order valence-corrected chi connectivity index (χ3v) is 8.19. The van der Waals surface area contributed by atoms with E-state index in [2.05, 4.69) is 33.1 Å². The molecule has 1 aliphatic heterocycles. The number of Topliss-reactive ketones (excluding diaryl/α,β-unsaturated/α-hetero) is 1. The Balaban J connectivity index is 1.28. The minimum Gasteiger partial charge on any atom is -0.444 e. The van der Waals surface area contributed by atoms with Gasteiger partial charge in [0.2, 0.25) is 0 Å². The van der Waals surface area contributed by atoms with Crippen LogP contribution in [-0.4, -0.2) is 59.8 Å². The largest absolute Gasteiger partial charge is 0.444 e. The lowest BCUT2D eigenvalue weighted by Gasteiger charge is -2.26. The molecule has 4 aromatic rings. The number of nitrogens with one attached hydrogen (secondary N) is 1. The second kappa shape index (κ2) is 12.3. The van der Waals surface area contributed by atoms with Crippen LogP contribution in [-0.2, 0) is 22.4 Å². The molecule has 7 heteroatoms. The molecular weight excluding hydrogens is 538 g/mol. The Morgan fingerprint density at radius 1 is 0.930 bits per heavy atom. The standard InChI is InChI=1S/C36H41N3O4/c1-36(2,3)43-35(41)37-32-12-11-27(25-7-5-4-6-8-25)21-29(32)24-33(40)30-22-28-13-14-39(16-15-38-17-19-42-20-18-38)34(28)31(23-30)26-9-10-26/h4-8,11-14,21-23,26H,9-10,15-20,24H2,1-3H3,(H,37,41). The molecule has 0 spiro atoms. The van der Waals surface area contributed by atoms with Crippen LogP contribution < -0.4 is 5.32 Å². The van der Waals surface area contributed by atoms with Crippen LogP contribution in [0, 0.1) is 0 Å². The second-order valence-corrected chi connectivity index (χ2v) is 12.7. The minimum atomic E-state index is -0.628. The summed E-state index contributed by atoms with van der Waals surface area (Å²) in [6.45, 7) is 11.0. The fourth-order valence-corrected chi connectivity index (χ4v) is 5.87. The fraction of sp³-hybridized carbons (Fsp3) is 0.389. The molecule has 2 fully saturated rings. The summed E-state index contributed by atoms with van der Waals surface area (Å²) in [6.07, 6.45) is 4.11. The molecule has 1 saturated carbocycles. The van der Waals surface area contributed by atoms with Crippen molar-refractivity contribution in [2.24, 2.45) is 0 Å². The predicted octanol–water partition coefficient (Wildman–Crippen LogP) is 7.29. The first kappa shape index (κ1) is 29.1. The van der Waals surface area contributed by atoms with Crippen molar-refractivity contribution in [3.05, 3.63) is 89.6 Å². The smallest absolute Gasteiger partial charge is 0.412 e. The highest BCUT2D eigenvalue weighted by Gasteiger charge is 2.28. The van der Waals surface area contributed by atoms with Crippen molar-refractivity contribution in [3.8, 4) is 11.1 Å². The van der Waals surface area contributed by atoms with Crippen molar-refractivity contribution in [2.75, 3.05) is 38.2 Å². The molecule has 1 aromatic heterocycles. The molecule has 0 atom stereocenters. The monoisotopic (exact) mass is 579 g/mol. The van der Waals surface area contributed by atoms with Gasteiger partial charge in [0.1, 0.15) is 5.60 Å². The van der Waals surface area contributed by atoms with Gasteiger partial charge in [0.25, 0.3) is 0 Å². The van der Waals surface area contributed by atoms with Crippen molar-refractivity contribution >= 4 is 28.5 Å². The molecule has 1 amide bonds. The van der Waals surface area contributed by atoms with Gasteiger partial charge in [-0.15, -0.1) is 0 Å². The van der Waals surface area contributed by atoms with Gasteiger partial charge in [-0.3, -0.25) is 15.0 Å². The van der Waals surface area contributed by atoms with Crippen LogP contribution in [0.2, 0.25) is 0 Å². The topological polar surface area (TPSA) is 72.8 Å². The van der Waals surface area contributed by atoms with Crippen LogP contribution in [0.3, 0.4) is 0 Å². The van der Waals surface area contributed by atoms with Gasteiger partial charge in [-0.05, 0) is 92.1 Å². The molecule has 1 aliphatic carbocycles. The van der Waals surface area contributed by atoms with Crippen LogP contribution in [0.25, 0.3) is 22.0 Å². The number of morpholine rings is 1. The van der Waals surface area contributed by atoms with Gasteiger partial charge in [-0.1, -0.05) is 36.4 Å². The van der Waals surface area contributed by atoms with Crippen molar-refractivity contribution in [3.63, 3.8) is 0 Å². The molecule has 0 unspecified atom stereocenters. The maximum absolute atomic E-state index is 13.9. The molecule has 2 heterocycles. The maximum atomic E-state index is 13.9. The number of carbonyl (C=O) groups excluding carboxylic acids is 2. The number of carbonyl (C=O) groups is 2. The normalized spacial score (nSPS) is 15.9. The van der Waals surface area contributed by atoms with Crippen LogP contribution >= 0.6 is 0 Å². The summed E-state index contributed by atoms with van der Waals surface area (Å²) in [5.74, 6) is 0.528. The Labute approximate surface area is 253 Å². The number of nitrogens with zero attached hydrogens (tertiary/aromatic N) is 2. The van der Waals surface area contributed by atoms with Crippen LogP contribution in [0.15, 0.2) is 72.9 Å². The Morgan fingerprint density at radius 3 is 2.42 bits per heavy atom. The molecule has 7 nitrogen and oxygen atoms in total. The van der Waals surface area contributed by atoms with Crippen molar-refractivity contribution in [1.29, 1.82) is 0 Å². The van der Waals surface area contributed by atoms with Gasteiger partial charge in [-0.25, -0.2) is 4.79 Å². The number of ketones is 1. The van der Waals surface area contributed by atoms with Crippen molar-refractivity contribution < 1.29 is 19.1 Å². The molecular formula is C36H41N3O4. The number of hydrogen-bond acceptors (Lipinski definition) is 5. The van der Waals surface area contributed by atoms with E-state index < -0.39 is 11.7 Å². The number of rotatable bonds is 9. The average Bonchev–Trinajstić information content (AvgIpc) is 3.76. The van der Waals surface area contributed by atoms with Gasteiger partial charge in [0.15, 0.2) is 5.78 Å². The number of fused-ring (bicyclic) bond motifs is 1. The summed E-state index contributed by atoms with van der Waals surface area (Å²) >= 11 is 0. The number of ether oxygens (including phenoxy) is 2. The minimum absolute atomic E-state index is 0.0299. The molecule has 0 bridgehead atoms. The van der Waals surface area contributed by atoms with Crippen LogP contribution in [0.5, 0.6) is 0 Å². The molecule has 224 valence electrons. The SMILES string of the molecule is CC(C)(C)OC(=O)Nc1ccc(-c2ccccc2)cc1CC(=O)c1cc(C2CC2)c2c(ccn2CCN2CCOCC2)c1. The zero-order valence-corrected chi connectivity index (χ0v) is 25.4. The number of anilines is 1. The van der Waals surface area contributed by atoms with E-state index in [-0.39, 0.29) is 12.2 Å². The molecule has 1 N–H and O–H groups in total. The van der Waals surface area contributed by atoms with E-state index in [4.69, 9.17) is 9.47 Å². The molecule has 0 radical (unpaired) electrons. The van der Waals surface area contributed by atoms with E-state index in [1.807, 2.05) is 75.4 Å². The third-order valence-electron chi connectivity index (χ3n) is 8.19. The Kier molecular flexibility index (Phi) is 8.37. The molecule has 3 aromatic carbocycles. The summed E-state index contributed by atoms with van der Waals surface area (Å²) in [4.78, 5) is 29.1. The van der Waals surface area contributed by atoms with Crippen molar-refractivity contribution in [2.45, 2.75) is 58.1 Å². The van der Waals surface area contributed by atoms with Gasteiger partial charge in [0.05, 0.1) is 18.7 Å². The van der Waals surface area contributed by atoms with Crippen LogP contribution in [0.4, 0.5) is 10.5 Å². The first-order valence-electron chi connectivity index (χ1n) is 15.4. The van der Waals surface area contributed by atoms with Crippen LogP contribution in [0.1, 0.15) is 61.0 Å². The quantitative estimate of drug-likeness (QED) is 0.211. The molecule has 2 aliphatic rings. The van der Waals surface area contributed by atoms with E-state index in [9.17, 15) is 9.59 Å². The van der Waals surface area contributed by atoms with Gasteiger partial charge < -0.3 is 14.0 Å². The van der Waals surface area contributed by atoms with E-state index in [0.717, 1.165) is 74.3 Å². The Bertz CT molecular complexity index is 1610. The highest BCUT2D eigenvalue weighted by Crippen LogP contribution is 2.44. The summed E-state index contributed by atoms with van der Waals surface area (Å²) < 4.78 is 13.4. The second-order valence-electron chi connectivity index (χ2n) is 12.7. The summed E-state index contributed by atoms with van der Waals surface area (Å²) in [7, 11) is 0. The lowest BCUT2D eigenvalue weighted by molar-refractivity contribution is 0.0365. The molecule has 6 rings (SSSR count). The highest BCUT2D eigenvalue weighted by atomic mass is 16.6. The average molecular weight is 580 g/mol. The molecule has 1 saturated heterocycles. The summed E-state index contributed by atoms with van der Waals surface area (Å²) in [6, 6.07) is 22.2. The number of benzene rings is 3. The Morgan fingerprint density at radius 2 is 1.70 bits per heavy atom. The van der Waals surface area contributed by atoms with E-state index >= 15 is 0 Å². The molecule has 43 heavy (non-hydrogen) atoms.